The molecule has 0 radical (unpaired) electrons. The number of piperidine rings is 1. The van der Waals surface area contributed by atoms with E-state index >= 15 is 0 Å². The van der Waals surface area contributed by atoms with E-state index in [2.05, 4.69) is 0 Å². The molecular weight excluding hydrogens is 362 g/mol. The van der Waals surface area contributed by atoms with E-state index in [9.17, 15) is 4.79 Å². The first-order valence-electron chi connectivity index (χ1n) is 10.2. The van der Waals surface area contributed by atoms with Gasteiger partial charge in [-0.25, -0.2) is 0 Å². The minimum absolute atomic E-state index is 0.221. The number of ether oxygens (including phenoxy) is 1. The number of pyridine rings is 1. The molecule has 4 rings (SSSR count). The maximum atomic E-state index is 12.6. The van der Waals surface area contributed by atoms with Crippen LogP contribution >= 0.6 is 0 Å². The summed E-state index contributed by atoms with van der Waals surface area (Å²) in [6, 6.07) is 18.0. The molecule has 5 heteroatoms. The number of nitrogens with zero attached hydrogens (tertiary/aromatic N) is 2. The number of carbonyl (C=O) groups is 1. The second-order valence-corrected chi connectivity index (χ2v) is 7.66. The molecule has 3 aromatic rings. The van der Waals surface area contributed by atoms with Crippen LogP contribution in [-0.4, -0.2) is 36.0 Å². The molecule has 29 heavy (non-hydrogen) atoms. The standard InChI is InChI=1S/C24H27N3O2/c1-29-20-9-6-17(7-10-20)8-11-23(28)27-14-12-18(13-15-27)24-21(25)16-19-4-2-3-5-22(19)26-24/h2-7,9-10,16,18H,8,11-15,25H2,1H3. The van der Waals surface area contributed by atoms with Crippen LogP contribution in [0.3, 0.4) is 0 Å². The first-order valence-corrected chi connectivity index (χ1v) is 10.2. The van der Waals surface area contributed by atoms with Gasteiger partial charge in [0, 0.05) is 30.8 Å². The summed E-state index contributed by atoms with van der Waals surface area (Å²) in [6.07, 6.45) is 3.10. The van der Waals surface area contributed by atoms with Gasteiger partial charge in [0.25, 0.3) is 0 Å². The van der Waals surface area contributed by atoms with Crippen LogP contribution in [0.25, 0.3) is 10.9 Å². The number of hydrogen-bond donors (Lipinski definition) is 1. The molecule has 0 aliphatic carbocycles. The van der Waals surface area contributed by atoms with Gasteiger partial charge in [-0.05, 0) is 49.1 Å². The van der Waals surface area contributed by atoms with Crippen LogP contribution < -0.4 is 10.5 Å². The maximum absolute atomic E-state index is 12.6. The second-order valence-electron chi connectivity index (χ2n) is 7.66. The smallest absolute Gasteiger partial charge is 0.222 e. The summed E-state index contributed by atoms with van der Waals surface area (Å²) in [5.74, 6) is 1.37. The van der Waals surface area contributed by atoms with Gasteiger partial charge < -0.3 is 15.4 Å². The zero-order valence-electron chi connectivity index (χ0n) is 16.8. The molecule has 1 amide bonds. The van der Waals surface area contributed by atoms with Crippen molar-refractivity contribution in [2.75, 3.05) is 25.9 Å². The van der Waals surface area contributed by atoms with Gasteiger partial charge in [-0.15, -0.1) is 0 Å². The normalized spacial score (nSPS) is 14.9. The molecule has 150 valence electrons. The number of anilines is 1. The van der Waals surface area contributed by atoms with Gasteiger partial charge in [-0.2, -0.15) is 0 Å². The fraction of sp³-hybridized carbons (Fsp3) is 0.333. The highest BCUT2D eigenvalue weighted by Crippen LogP contribution is 2.32. The highest BCUT2D eigenvalue weighted by Gasteiger charge is 2.26. The highest BCUT2D eigenvalue weighted by molar-refractivity contribution is 5.82. The third-order valence-electron chi connectivity index (χ3n) is 5.81. The molecule has 0 spiro atoms. The van der Waals surface area contributed by atoms with E-state index < -0.39 is 0 Å². The molecule has 1 fully saturated rings. The van der Waals surface area contributed by atoms with Gasteiger partial charge in [0.2, 0.25) is 5.91 Å². The Kier molecular flexibility index (Phi) is 5.65. The van der Waals surface area contributed by atoms with Crippen molar-refractivity contribution in [3.05, 3.63) is 65.9 Å². The number of nitrogen functional groups attached to an aromatic ring is 1. The van der Waals surface area contributed by atoms with Crippen molar-refractivity contribution in [3.8, 4) is 5.75 Å². The van der Waals surface area contributed by atoms with E-state index in [1.807, 2.05) is 59.5 Å². The molecule has 1 saturated heterocycles. The topological polar surface area (TPSA) is 68.5 Å². The number of amides is 1. The molecule has 1 aromatic heterocycles. The van der Waals surface area contributed by atoms with Gasteiger partial charge in [-0.1, -0.05) is 30.3 Å². The predicted molar refractivity (Wildman–Crippen MR) is 116 cm³/mol. The molecule has 0 saturated carbocycles. The van der Waals surface area contributed by atoms with E-state index in [1.54, 1.807) is 7.11 Å². The van der Waals surface area contributed by atoms with E-state index in [0.29, 0.717) is 12.3 Å². The van der Waals surface area contributed by atoms with E-state index in [1.165, 1.54) is 0 Å². The molecule has 5 nitrogen and oxygen atoms in total. The van der Waals surface area contributed by atoms with Gasteiger partial charge in [0.15, 0.2) is 0 Å². The Morgan fingerprint density at radius 1 is 1.14 bits per heavy atom. The van der Waals surface area contributed by atoms with Crippen molar-refractivity contribution in [1.82, 2.24) is 9.88 Å². The number of aromatic nitrogens is 1. The highest BCUT2D eigenvalue weighted by atomic mass is 16.5. The zero-order valence-corrected chi connectivity index (χ0v) is 16.8. The van der Waals surface area contributed by atoms with Crippen LogP contribution in [0, 0.1) is 0 Å². The molecule has 0 bridgehead atoms. The SMILES string of the molecule is COc1ccc(CCC(=O)N2CCC(c3nc4ccccc4cc3N)CC2)cc1. The summed E-state index contributed by atoms with van der Waals surface area (Å²) >= 11 is 0. The van der Waals surface area contributed by atoms with Crippen molar-refractivity contribution in [3.63, 3.8) is 0 Å². The van der Waals surface area contributed by atoms with Gasteiger partial charge in [-0.3, -0.25) is 9.78 Å². The van der Waals surface area contributed by atoms with E-state index in [-0.39, 0.29) is 5.91 Å². The number of methoxy groups -OCH3 is 1. The number of benzene rings is 2. The Balaban J connectivity index is 1.34. The average molecular weight is 389 g/mol. The summed E-state index contributed by atoms with van der Waals surface area (Å²) in [5, 5.41) is 1.07. The van der Waals surface area contributed by atoms with Crippen molar-refractivity contribution in [2.24, 2.45) is 0 Å². The summed E-state index contributed by atoms with van der Waals surface area (Å²) in [4.78, 5) is 19.4. The first-order chi connectivity index (χ1) is 14.1. The number of likely N-dealkylation sites (tertiary alicyclic amines) is 1. The Bertz CT molecular complexity index is 993. The minimum atomic E-state index is 0.221. The average Bonchev–Trinajstić information content (AvgIpc) is 2.77. The summed E-state index contributed by atoms with van der Waals surface area (Å²) < 4.78 is 5.18. The molecule has 0 atom stereocenters. The second kappa shape index (κ2) is 8.52. The van der Waals surface area contributed by atoms with Crippen molar-refractivity contribution in [1.29, 1.82) is 0 Å². The Labute approximate surface area is 171 Å². The Morgan fingerprint density at radius 3 is 2.59 bits per heavy atom. The lowest BCUT2D eigenvalue weighted by atomic mass is 9.91. The molecule has 1 aliphatic rings. The number of fused-ring (bicyclic) bond motifs is 1. The Morgan fingerprint density at radius 2 is 1.86 bits per heavy atom. The Hall–Kier alpha value is -3.08. The molecule has 2 heterocycles. The zero-order chi connectivity index (χ0) is 20.2. The van der Waals surface area contributed by atoms with Crippen molar-refractivity contribution >= 4 is 22.5 Å². The summed E-state index contributed by atoms with van der Waals surface area (Å²) in [7, 11) is 1.66. The number of carbonyl (C=O) groups excluding carboxylic acids is 1. The van der Waals surface area contributed by atoms with Crippen molar-refractivity contribution < 1.29 is 9.53 Å². The van der Waals surface area contributed by atoms with Gasteiger partial charge >= 0.3 is 0 Å². The molecular formula is C24H27N3O2. The monoisotopic (exact) mass is 389 g/mol. The van der Waals surface area contributed by atoms with Crippen molar-refractivity contribution in [2.45, 2.75) is 31.6 Å². The molecule has 0 unspecified atom stereocenters. The largest absolute Gasteiger partial charge is 0.497 e. The lowest BCUT2D eigenvalue weighted by molar-refractivity contribution is -0.132. The summed E-state index contributed by atoms with van der Waals surface area (Å²) in [5.41, 5.74) is 10.2. The van der Waals surface area contributed by atoms with Crippen LogP contribution in [0.1, 0.15) is 36.4 Å². The van der Waals surface area contributed by atoms with Gasteiger partial charge in [0.05, 0.1) is 24.0 Å². The third kappa shape index (κ3) is 4.34. The van der Waals surface area contributed by atoms with Crippen LogP contribution in [0.15, 0.2) is 54.6 Å². The quantitative estimate of drug-likeness (QED) is 0.711. The lowest BCUT2D eigenvalue weighted by Crippen LogP contribution is -2.38. The fourth-order valence-electron chi connectivity index (χ4n) is 4.08. The van der Waals surface area contributed by atoms with Crippen LogP contribution in [0.2, 0.25) is 0 Å². The van der Waals surface area contributed by atoms with Crippen LogP contribution in [0.4, 0.5) is 5.69 Å². The number of hydrogen-bond acceptors (Lipinski definition) is 4. The first kappa shape index (κ1) is 19.2. The van der Waals surface area contributed by atoms with E-state index in [4.69, 9.17) is 15.5 Å². The third-order valence-corrected chi connectivity index (χ3v) is 5.81. The molecule has 1 aliphatic heterocycles. The van der Waals surface area contributed by atoms with Crippen LogP contribution in [0.5, 0.6) is 5.75 Å². The lowest BCUT2D eigenvalue weighted by Gasteiger charge is -2.32. The number of para-hydroxylation sites is 1. The summed E-state index contributed by atoms with van der Waals surface area (Å²) in [6.45, 7) is 1.53. The molecule has 2 aromatic carbocycles. The predicted octanol–water partition coefficient (Wildman–Crippen LogP) is 4.16. The number of aryl methyl sites for hydroxylation is 1. The number of rotatable bonds is 5. The van der Waals surface area contributed by atoms with E-state index in [0.717, 1.165) is 65.9 Å². The number of nitrogens with two attached hydrogens (primary N) is 1. The molecule has 2 N–H and O–H groups in total. The fourth-order valence-corrected chi connectivity index (χ4v) is 4.08. The maximum Gasteiger partial charge on any atom is 0.222 e. The minimum Gasteiger partial charge on any atom is -0.497 e. The van der Waals surface area contributed by atoms with Gasteiger partial charge in [0.1, 0.15) is 5.75 Å². The van der Waals surface area contributed by atoms with Crippen LogP contribution in [-0.2, 0) is 11.2 Å².